The minimum Gasteiger partial charge on any atom is -0.334 e. The van der Waals surface area contributed by atoms with Gasteiger partial charge < -0.3 is 4.90 Å². The van der Waals surface area contributed by atoms with Gasteiger partial charge in [0.05, 0.1) is 0 Å². The molecule has 212 valence electrons. The zero-order chi connectivity index (χ0) is 30.0. The maximum atomic E-state index is 9.15. The van der Waals surface area contributed by atoms with Crippen molar-refractivity contribution < 1.29 is 0 Å². The van der Waals surface area contributed by atoms with E-state index in [0.29, 0.717) is 5.84 Å². The first-order valence-corrected chi connectivity index (χ1v) is 14.4. The quantitative estimate of drug-likeness (QED) is 0.124. The number of benzene rings is 4. The highest BCUT2D eigenvalue weighted by Gasteiger charge is 2.24. The summed E-state index contributed by atoms with van der Waals surface area (Å²) in [6.45, 7) is 3.99. The molecule has 0 aliphatic heterocycles. The first-order valence-electron chi connectivity index (χ1n) is 14.4. The molecule has 0 radical (unpaired) electrons. The summed E-state index contributed by atoms with van der Waals surface area (Å²) < 4.78 is 0. The van der Waals surface area contributed by atoms with Crippen LogP contribution in [0.15, 0.2) is 144 Å². The van der Waals surface area contributed by atoms with Gasteiger partial charge in [0.15, 0.2) is 0 Å². The third-order valence-electron chi connectivity index (χ3n) is 7.53. The number of rotatable bonds is 9. The van der Waals surface area contributed by atoms with Crippen LogP contribution in [0.4, 0.5) is 0 Å². The highest BCUT2D eigenvalue weighted by molar-refractivity contribution is 5.97. The van der Waals surface area contributed by atoms with E-state index in [9.17, 15) is 0 Å². The predicted octanol–water partition coefficient (Wildman–Crippen LogP) is 8.82. The molecule has 43 heavy (non-hydrogen) atoms. The highest BCUT2D eigenvalue weighted by atomic mass is 15.2. The van der Waals surface area contributed by atoms with E-state index in [0.717, 1.165) is 45.4 Å². The zero-order valence-corrected chi connectivity index (χ0v) is 24.7. The van der Waals surface area contributed by atoms with E-state index in [-0.39, 0.29) is 0 Å². The molecule has 0 aromatic heterocycles. The molecule has 1 atom stereocenters. The molecular weight excluding hydrogens is 524 g/mol. The highest BCUT2D eigenvalue weighted by Crippen LogP contribution is 2.37. The Labute approximate surface area is 255 Å². The summed E-state index contributed by atoms with van der Waals surface area (Å²) in [5.74, 6) is 0.408. The monoisotopic (exact) mass is 560 g/mol. The maximum Gasteiger partial charge on any atom is 0.148 e. The van der Waals surface area contributed by atoms with E-state index in [2.05, 4.69) is 72.3 Å². The van der Waals surface area contributed by atoms with Crippen LogP contribution in [-0.2, 0) is 6.42 Å². The molecule has 4 aromatic rings. The number of nitrogens with zero attached hydrogens (tertiary/aromatic N) is 3. The van der Waals surface area contributed by atoms with Crippen molar-refractivity contribution in [3.8, 4) is 11.1 Å². The van der Waals surface area contributed by atoms with Crippen molar-refractivity contribution in [3.63, 3.8) is 0 Å². The lowest BCUT2D eigenvalue weighted by molar-refractivity contribution is 0.388. The molecule has 1 aliphatic carbocycles. The van der Waals surface area contributed by atoms with Crippen LogP contribution in [0.25, 0.3) is 22.8 Å². The van der Waals surface area contributed by atoms with Crippen molar-refractivity contribution in [3.05, 3.63) is 167 Å². The van der Waals surface area contributed by atoms with Gasteiger partial charge in [-0.3, -0.25) is 15.4 Å². The third kappa shape index (κ3) is 6.94. The van der Waals surface area contributed by atoms with Crippen LogP contribution in [0, 0.1) is 5.41 Å². The first kappa shape index (κ1) is 29.2. The summed E-state index contributed by atoms with van der Waals surface area (Å²) in [4.78, 5) is 11.2. The Bertz CT molecular complexity index is 1720. The van der Waals surface area contributed by atoms with E-state index < -0.39 is 6.17 Å². The minimum absolute atomic E-state index is 0.408. The Hall–Kier alpha value is -5.35. The van der Waals surface area contributed by atoms with E-state index >= 15 is 0 Å². The van der Waals surface area contributed by atoms with E-state index in [1.807, 2.05) is 91.0 Å². The van der Waals surface area contributed by atoms with Crippen LogP contribution in [-0.4, -0.2) is 37.3 Å². The van der Waals surface area contributed by atoms with Gasteiger partial charge in [0.25, 0.3) is 0 Å². The number of fused-ring (bicyclic) bond motifs is 1. The van der Waals surface area contributed by atoms with Crippen LogP contribution in [0.1, 0.15) is 39.5 Å². The molecule has 0 heterocycles. The number of hydrogen-bond acceptors (Lipinski definition) is 3. The van der Waals surface area contributed by atoms with Crippen LogP contribution in [0.2, 0.25) is 0 Å². The number of aliphatic imine (C=N–C) groups is 2. The Kier molecular flexibility index (Phi) is 9.50. The molecule has 4 nitrogen and oxygen atoms in total. The summed E-state index contributed by atoms with van der Waals surface area (Å²) in [6, 6.07) is 33.0. The van der Waals surface area contributed by atoms with Gasteiger partial charge in [-0.05, 0) is 57.5 Å². The lowest BCUT2D eigenvalue weighted by Crippen LogP contribution is -2.31. The van der Waals surface area contributed by atoms with Crippen molar-refractivity contribution in [2.24, 2.45) is 9.98 Å². The SMILES string of the molecule is C=C/C(=C\C=NC)c1ccc(-c2cc3c(cc2C(/N=C/c2ccccc2)N(C)C(=N)c2ccccc2)CC=CC=C3)cc1. The molecule has 0 saturated heterocycles. The number of hydrogen-bond donors (Lipinski definition) is 1. The molecule has 5 rings (SSSR count). The van der Waals surface area contributed by atoms with Gasteiger partial charge in [0, 0.05) is 37.7 Å². The molecular formula is C39H36N4. The Morgan fingerprint density at radius 1 is 0.907 bits per heavy atom. The second-order valence-corrected chi connectivity index (χ2v) is 10.3. The Morgan fingerprint density at radius 2 is 1.63 bits per heavy atom. The van der Waals surface area contributed by atoms with Gasteiger partial charge in [0.2, 0.25) is 0 Å². The van der Waals surface area contributed by atoms with Gasteiger partial charge in [-0.1, -0.05) is 128 Å². The van der Waals surface area contributed by atoms with Crippen LogP contribution in [0.5, 0.6) is 0 Å². The molecule has 1 aliphatic rings. The summed E-state index contributed by atoms with van der Waals surface area (Å²) >= 11 is 0. The average Bonchev–Trinajstić information content (AvgIpc) is 3.30. The second-order valence-electron chi connectivity index (χ2n) is 10.3. The van der Waals surface area contributed by atoms with Gasteiger partial charge >= 0.3 is 0 Å². The topological polar surface area (TPSA) is 51.8 Å². The Morgan fingerprint density at radius 3 is 2.33 bits per heavy atom. The summed E-state index contributed by atoms with van der Waals surface area (Å²) in [6.07, 6.45) is 16.4. The minimum atomic E-state index is -0.437. The number of allylic oxidation sites excluding steroid dienone is 6. The van der Waals surface area contributed by atoms with Crippen LogP contribution in [0.3, 0.4) is 0 Å². The zero-order valence-electron chi connectivity index (χ0n) is 24.7. The second kappa shape index (κ2) is 14.0. The molecule has 0 saturated carbocycles. The third-order valence-corrected chi connectivity index (χ3v) is 7.53. The van der Waals surface area contributed by atoms with E-state index in [1.165, 1.54) is 11.1 Å². The van der Waals surface area contributed by atoms with Gasteiger partial charge in [0.1, 0.15) is 12.0 Å². The van der Waals surface area contributed by atoms with Crippen molar-refractivity contribution >= 4 is 29.9 Å². The molecule has 4 heteroatoms. The summed E-state index contributed by atoms with van der Waals surface area (Å²) in [5, 5.41) is 9.15. The summed E-state index contributed by atoms with van der Waals surface area (Å²) in [7, 11) is 3.71. The lowest BCUT2D eigenvalue weighted by Gasteiger charge is -2.30. The fourth-order valence-corrected chi connectivity index (χ4v) is 5.19. The molecule has 4 aromatic carbocycles. The van der Waals surface area contributed by atoms with Crippen molar-refractivity contribution in [1.82, 2.24) is 4.90 Å². The maximum absolute atomic E-state index is 9.15. The Balaban J connectivity index is 1.67. The first-order chi connectivity index (χ1) is 21.1. The van der Waals surface area contributed by atoms with E-state index in [4.69, 9.17) is 10.4 Å². The normalized spacial score (nSPS) is 13.6. The molecule has 1 unspecified atom stereocenters. The predicted molar refractivity (Wildman–Crippen MR) is 184 cm³/mol. The van der Waals surface area contributed by atoms with Crippen molar-refractivity contribution in [2.45, 2.75) is 12.6 Å². The van der Waals surface area contributed by atoms with Gasteiger partial charge in [-0.2, -0.15) is 0 Å². The molecule has 1 N–H and O–H groups in total. The fraction of sp³-hybridized carbons (Fsp3) is 0.103. The van der Waals surface area contributed by atoms with Crippen LogP contribution >= 0.6 is 0 Å². The van der Waals surface area contributed by atoms with Gasteiger partial charge in [-0.25, -0.2) is 0 Å². The smallest absolute Gasteiger partial charge is 0.148 e. The molecule has 0 amide bonds. The fourth-order valence-electron chi connectivity index (χ4n) is 5.19. The number of amidine groups is 1. The number of nitrogens with one attached hydrogen (secondary N) is 1. The van der Waals surface area contributed by atoms with Gasteiger partial charge in [-0.15, -0.1) is 0 Å². The molecule has 0 fully saturated rings. The van der Waals surface area contributed by atoms with Crippen molar-refractivity contribution in [1.29, 1.82) is 5.41 Å². The average molecular weight is 561 g/mol. The van der Waals surface area contributed by atoms with Crippen molar-refractivity contribution in [2.75, 3.05) is 14.1 Å². The molecule has 0 spiro atoms. The molecule has 0 bridgehead atoms. The summed E-state index contributed by atoms with van der Waals surface area (Å²) in [5.41, 5.74) is 9.56. The lowest BCUT2D eigenvalue weighted by atomic mass is 9.90. The van der Waals surface area contributed by atoms with Crippen LogP contribution < -0.4 is 0 Å². The largest absolute Gasteiger partial charge is 0.334 e. The van der Waals surface area contributed by atoms with E-state index in [1.54, 1.807) is 13.3 Å². The standard InChI is InChI=1S/C39H36N4/c1-4-30(24-25-41-2)31-20-22-32(23-21-31)36-26-34-18-12-7-13-19-35(34)27-37(36)39(42-28-29-14-8-5-9-15-29)43(3)38(40)33-16-10-6-11-17-33/h4-18,20-28,39-40H,1,19H2,2-3H3/b30-24+,40-38?,41-25?,42-28+.